The number of hydrogen-bond acceptors (Lipinski definition) is 3. The van der Waals surface area contributed by atoms with Crippen molar-refractivity contribution in [3.05, 3.63) is 41.5 Å². The zero-order valence-corrected chi connectivity index (χ0v) is 12.7. The van der Waals surface area contributed by atoms with Gasteiger partial charge in [0, 0.05) is 6.26 Å². The van der Waals surface area contributed by atoms with Gasteiger partial charge in [0.25, 0.3) is 0 Å². The molecule has 0 fully saturated rings. The SMILES string of the molecule is CS(=O)(=O)c1ccc(C(O)/C2=C/CCCCCC2)cc1. The van der Waals surface area contributed by atoms with Crippen molar-refractivity contribution in [2.75, 3.05) is 6.26 Å². The molecule has 1 aromatic rings. The maximum atomic E-state index is 11.4. The Balaban J connectivity index is 2.17. The minimum Gasteiger partial charge on any atom is -0.384 e. The number of benzene rings is 1. The van der Waals surface area contributed by atoms with Gasteiger partial charge in [0.1, 0.15) is 6.10 Å². The van der Waals surface area contributed by atoms with Gasteiger partial charge in [-0.2, -0.15) is 0 Å². The average molecular weight is 294 g/mol. The molecule has 0 aliphatic heterocycles. The Morgan fingerprint density at radius 1 is 1.05 bits per heavy atom. The van der Waals surface area contributed by atoms with Crippen LogP contribution in [0.15, 0.2) is 40.8 Å². The molecule has 0 saturated carbocycles. The van der Waals surface area contributed by atoms with E-state index in [0.717, 1.165) is 30.4 Å². The molecule has 4 heteroatoms. The van der Waals surface area contributed by atoms with Gasteiger partial charge in [-0.1, -0.05) is 31.1 Å². The first-order valence-corrected chi connectivity index (χ1v) is 9.04. The van der Waals surface area contributed by atoms with Crippen LogP contribution in [0.25, 0.3) is 0 Å². The summed E-state index contributed by atoms with van der Waals surface area (Å²) in [7, 11) is -3.18. The Kier molecular flexibility index (Phi) is 5.00. The molecule has 0 amide bonds. The van der Waals surface area contributed by atoms with E-state index in [9.17, 15) is 13.5 Å². The van der Waals surface area contributed by atoms with Crippen LogP contribution in [0, 0.1) is 0 Å². The first kappa shape index (κ1) is 15.3. The summed E-state index contributed by atoms with van der Waals surface area (Å²) in [6, 6.07) is 6.55. The highest BCUT2D eigenvalue weighted by molar-refractivity contribution is 7.90. The normalized spacial score (nSPS) is 21.4. The predicted octanol–water partition coefficient (Wildman–Crippen LogP) is 3.40. The van der Waals surface area contributed by atoms with Crippen LogP contribution in [0.4, 0.5) is 0 Å². The Bertz CT molecular complexity index is 570. The fourth-order valence-electron chi connectivity index (χ4n) is 2.58. The fourth-order valence-corrected chi connectivity index (χ4v) is 3.21. The Morgan fingerprint density at radius 3 is 2.35 bits per heavy atom. The number of aliphatic hydroxyl groups is 1. The van der Waals surface area contributed by atoms with Crippen molar-refractivity contribution in [1.82, 2.24) is 0 Å². The molecule has 0 aromatic heterocycles. The Morgan fingerprint density at radius 2 is 1.70 bits per heavy atom. The lowest BCUT2D eigenvalue weighted by Gasteiger charge is -2.18. The molecule has 0 radical (unpaired) electrons. The molecule has 20 heavy (non-hydrogen) atoms. The summed E-state index contributed by atoms with van der Waals surface area (Å²) in [4.78, 5) is 0.292. The Labute approximate surface area is 121 Å². The third kappa shape index (κ3) is 3.93. The van der Waals surface area contributed by atoms with Gasteiger partial charge in [-0.15, -0.1) is 0 Å². The standard InChI is InChI=1S/C16H22O3S/c1-20(18,19)15-11-9-14(10-12-15)16(17)13-7-5-3-2-4-6-8-13/h7,9-12,16-17H,2-6,8H2,1H3/b13-7+. The van der Waals surface area contributed by atoms with Gasteiger partial charge >= 0.3 is 0 Å². The molecular formula is C16H22O3S. The van der Waals surface area contributed by atoms with E-state index >= 15 is 0 Å². The first-order chi connectivity index (χ1) is 9.48. The van der Waals surface area contributed by atoms with E-state index in [1.165, 1.54) is 25.5 Å². The molecule has 1 unspecified atom stereocenters. The second-order valence-electron chi connectivity index (χ2n) is 5.48. The summed E-state index contributed by atoms with van der Waals surface area (Å²) >= 11 is 0. The van der Waals surface area contributed by atoms with E-state index in [-0.39, 0.29) is 0 Å². The topological polar surface area (TPSA) is 54.4 Å². The fraction of sp³-hybridized carbons (Fsp3) is 0.500. The lowest BCUT2D eigenvalue weighted by atomic mass is 9.93. The van der Waals surface area contributed by atoms with Crippen molar-refractivity contribution in [1.29, 1.82) is 0 Å². The van der Waals surface area contributed by atoms with Crippen LogP contribution < -0.4 is 0 Å². The number of sulfone groups is 1. The first-order valence-electron chi connectivity index (χ1n) is 7.15. The third-order valence-electron chi connectivity index (χ3n) is 3.80. The molecule has 1 aliphatic rings. The predicted molar refractivity (Wildman–Crippen MR) is 80.3 cm³/mol. The summed E-state index contributed by atoms with van der Waals surface area (Å²) in [5.41, 5.74) is 1.83. The van der Waals surface area contributed by atoms with Crippen LogP contribution in [0.1, 0.15) is 50.2 Å². The van der Waals surface area contributed by atoms with E-state index < -0.39 is 15.9 Å². The summed E-state index contributed by atoms with van der Waals surface area (Å²) in [6.07, 6.45) is 9.46. The molecule has 0 bridgehead atoms. The second-order valence-corrected chi connectivity index (χ2v) is 7.49. The number of rotatable bonds is 3. The quantitative estimate of drug-likeness (QED) is 0.869. The third-order valence-corrected chi connectivity index (χ3v) is 4.93. The van der Waals surface area contributed by atoms with Gasteiger partial charge in [-0.3, -0.25) is 0 Å². The monoisotopic (exact) mass is 294 g/mol. The van der Waals surface area contributed by atoms with Crippen molar-refractivity contribution in [2.24, 2.45) is 0 Å². The lowest BCUT2D eigenvalue weighted by molar-refractivity contribution is 0.209. The smallest absolute Gasteiger partial charge is 0.175 e. The van der Waals surface area contributed by atoms with Gasteiger partial charge in [0.15, 0.2) is 9.84 Å². The van der Waals surface area contributed by atoms with E-state index in [4.69, 9.17) is 0 Å². The highest BCUT2D eigenvalue weighted by Gasteiger charge is 2.15. The van der Waals surface area contributed by atoms with Crippen LogP contribution >= 0.6 is 0 Å². The van der Waals surface area contributed by atoms with Crippen molar-refractivity contribution >= 4 is 9.84 Å². The molecule has 1 aliphatic carbocycles. The largest absolute Gasteiger partial charge is 0.384 e. The van der Waals surface area contributed by atoms with Crippen molar-refractivity contribution in [3.8, 4) is 0 Å². The van der Waals surface area contributed by atoms with Gasteiger partial charge in [0.05, 0.1) is 4.90 Å². The number of allylic oxidation sites excluding steroid dienone is 1. The minimum atomic E-state index is -3.18. The molecule has 0 saturated heterocycles. The molecule has 2 rings (SSSR count). The van der Waals surface area contributed by atoms with Gasteiger partial charge in [-0.05, 0) is 49.0 Å². The summed E-state index contributed by atoms with van der Waals surface area (Å²) in [5, 5.41) is 10.4. The lowest BCUT2D eigenvalue weighted by Crippen LogP contribution is -2.04. The van der Waals surface area contributed by atoms with E-state index in [2.05, 4.69) is 6.08 Å². The summed E-state index contributed by atoms with van der Waals surface area (Å²) in [5.74, 6) is 0. The molecule has 1 atom stereocenters. The van der Waals surface area contributed by atoms with Crippen molar-refractivity contribution in [3.63, 3.8) is 0 Å². The Hall–Kier alpha value is -1.13. The summed E-state index contributed by atoms with van der Waals surface area (Å²) in [6.45, 7) is 0. The van der Waals surface area contributed by atoms with Crippen molar-refractivity contribution in [2.45, 2.75) is 49.5 Å². The van der Waals surface area contributed by atoms with E-state index in [1.807, 2.05) is 0 Å². The van der Waals surface area contributed by atoms with Crippen molar-refractivity contribution < 1.29 is 13.5 Å². The van der Waals surface area contributed by atoms with E-state index in [1.54, 1.807) is 24.3 Å². The molecular weight excluding hydrogens is 272 g/mol. The van der Waals surface area contributed by atoms with Crippen LogP contribution in [0.2, 0.25) is 0 Å². The zero-order valence-electron chi connectivity index (χ0n) is 11.9. The van der Waals surface area contributed by atoms with Gasteiger partial charge in [-0.25, -0.2) is 8.42 Å². The molecule has 110 valence electrons. The maximum Gasteiger partial charge on any atom is 0.175 e. The number of hydrogen-bond donors (Lipinski definition) is 1. The van der Waals surface area contributed by atoms with Crippen LogP contribution in [0.5, 0.6) is 0 Å². The highest BCUT2D eigenvalue weighted by Crippen LogP contribution is 2.29. The molecule has 3 nitrogen and oxygen atoms in total. The molecule has 1 aromatic carbocycles. The molecule has 0 heterocycles. The molecule has 1 N–H and O–H groups in total. The summed E-state index contributed by atoms with van der Waals surface area (Å²) < 4.78 is 22.9. The molecule has 0 spiro atoms. The van der Waals surface area contributed by atoms with Gasteiger partial charge in [0.2, 0.25) is 0 Å². The van der Waals surface area contributed by atoms with Crippen LogP contribution in [-0.2, 0) is 9.84 Å². The zero-order chi connectivity index (χ0) is 14.6. The van der Waals surface area contributed by atoms with Gasteiger partial charge < -0.3 is 5.11 Å². The van der Waals surface area contributed by atoms with Crippen LogP contribution in [-0.4, -0.2) is 19.8 Å². The second kappa shape index (κ2) is 6.55. The van der Waals surface area contributed by atoms with E-state index in [0.29, 0.717) is 4.90 Å². The highest BCUT2D eigenvalue weighted by atomic mass is 32.2. The minimum absolute atomic E-state index is 0.292. The number of aliphatic hydroxyl groups excluding tert-OH is 1. The van der Waals surface area contributed by atoms with Crippen LogP contribution in [0.3, 0.4) is 0 Å². The average Bonchev–Trinajstić information content (AvgIpc) is 2.37. The maximum absolute atomic E-state index is 11.4.